The van der Waals surface area contributed by atoms with Crippen molar-refractivity contribution >= 4 is 34.4 Å². The van der Waals surface area contributed by atoms with Gasteiger partial charge in [0.15, 0.2) is 17.3 Å². The van der Waals surface area contributed by atoms with E-state index in [0.29, 0.717) is 17.0 Å². The summed E-state index contributed by atoms with van der Waals surface area (Å²) in [5.41, 5.74) is 2.21. The second kappa shape index (κ2) is 7.58. The molecule has 1 aromatic carbocycles. The van der Waals surface area contributed by atoms with Crippen LogP contribution >= 0.6 is 22.7 Å². The lowest BCUT2D eigenvalue weighted by Gasteiger charge is -2.09. The van der Waals surface area contributed by atoms with Crippen molar-refractivity contribution < 1.29 is 19.1 Å². The molecule has 3 aromatic rings. The molecule has 0 amide bonds. The number of esters is 1. The summed E-state index contributed by atoms with van der Waals surface area (Å²) in [4.78, 5) is 28.1. The molecular weight excluding hydrogens is 358 g/mol. The van der Waals surface area contributed by atoms with Crippen LogP contribution in [0.3, 0.4) is 0 Å². The van der Waals surface area contributed by atoms with Crippen LogP contribution in [-0.4, -0.2) is 23.8 Å². The van der Waals surface area contributed by atoms with E-state index in [9.17, 15) is 9.59 Å². The first-order valence-electron chi connectivity index (χ1n) is 7.43. The number of carbonyl (C=O) groups is 2. The van der Waals surface area contributed by atoms with Crippen molar-refractivity contribution in [3.8, 4) is 22.1 Å². The van der Waals surface area contributed by atoms with Crippen LogP contribution in [0.1, 0.15) is 23.0 Å². The summed E-state index contributed by atoms with van der Waals surface area (Å²) in [6.07, 6.45) is 0.0677. The Morgan fingerprint density at radius 3 is 2.68 bits per heavy atom. The minimum Gasteiger partial charge on any atom is -0.493 e. The molecular formula is C18H15NO4S2. The van der Waals surface area contributed by atoms with Crippen molar-refractivity contribution in [2.75, 3.05) is 7.11 Å². The number of thiazole rings is 1. The van der Waals surface area contributed by atoms with E-state index in [1.807, 2.05) is 22.2 Å². The minimum absolute atomic E-state index is 0.0677. The number of ketones is 1. The highest BCUT2D eigenvalue weighted by molar-refractivity contribution is 7.14. The summed E-state index contributed by atoms with van der Waals surface area (Å²) in [7, 11) is 1.46. The van der Waals surface area contributed by atoms with E-state index < -0.39 is 5.97 Å². The second-order valence-corrected chi connectivity index (χ2v) is 6.87. The SMILES string of the molecule is COc1cc(C(C)=O)ccc1OC(=O)Cc1csc(-c2ccsc2)n1. The van der Waals surface area contributed by atoms with Gasteiger partial charge in [-0.1, -0.05) is 0 Å². The third-order valence-electron chi connectivity index (χ3n) is 3.44. The summed E-state index contributed by atoms with van der Waals surface area (Å²) in [6, 6.07) is 6.71. The molecule has 0 radical (unpaired) electrons. The topological polar surface area (TPSA) is 65.5 Å². The Morgan fingerprint density at radius 2 is 2.00 bits per heavy atom. The van der Waals surface area contributed by atoms with E-state index in [0.717, 1.165) is 10.6 Å². The maximum absolute atomic E-state index is 12.2. The molecule has 128 valence electrons. The van der Waals surface area contributed by atoms with E-state index in [1.165, 1.54) is 25.4 Å². The Kier molecular flexibility index (Phi) is 5.25. The molecule has 0 aliphatic rings. The van der Waals surface area contributed by atoms with Gasteiger partial charge in [0.2, 0.25) is 0 Å². The first kappa shape index (κ1) is 17.3. The molecule has 0 atom stereocenters. The monoisotopic (exact) mass is 373 g/mol. The highest BCUT2D eigenvalue weighted by Crippen LogP contribution is 2.29. The Morgan fingerprint density at radius 1 is 1.16 bits per heavy atom. The van der Waals surface area contributed by atoms with Crippen LogP contribution in [0.5, 0.6) is 11.5 Å². The second-order valence-electron chi connectivity index (χ2n) is 5.23. The van der Waals surface area contributed by atoms with E-state index in [1.54, 1.807) is 29.5 Å². The van der Waals surface area contributed by atoms with Crippen LogP contribution in [0.4, 0.5) is 0 Å². The zero-order valence-electron chi connectivity index (χ0n) is 13.6. The van der Waals surface area contributed by atoms with Crippen LogP contribution in [0, 0.1) is 0 Å². The smallest absolute Gasteiger partial charge is 0.317 e. The number of hydrogen-bond donors (Lipinski definition) is 0. The molecule has 0 spiro atoms. The third kappa shape index (κ3) is 4.12. The number of hydrogen-bond acceptors (Lipinski definition) is 7. The molecule has 2 aromatic heterocycles. The first-order chi connectivity index (χ1) is 12.1. The van der Waals surface area contributed by atoms with Gasteiger partial charge in [0, 0.05) is 21.9 Å². The molecule has 0 N–H and O–H groups in total. The quantitative estimate of drug-likeness (QED) is 0.367. The largest absolute Gasteiger partial charge is 0.493 e. The van der Waals surface area contributed by atoms with Crippen molar-refractivity contribution in [3.63, 3.8) is 0 Å². The minimum atomic E-state index is -0.434. The fourth-order valence-corrected chi connectivity index (χ4v) is 3.72. The van der Waals surface area contributed by atoms with Gasteiger partial charge in [0.05, 0.1) is 19.2 Å². The average Bonchev–Trinajstić information content (AvgIpc) is 3.26. The van der Waals surface area contributed by atoms with Crippen LogP contribution < -0.4 is 9.47 Å². The summed E-state index contributed by atoms with van der Waals surface area (Å²) in [5, 5.41) is 6.74. The highest BCUT2D eigenvalue weighted by atomic mass is 32.1. The lowest BCUT2D eigenvalue weighted by atomic mass is 10.1. The van der Waals surface area contributed by atoms with E-state index in [-0.39, 0.29) is 18.0 Å². The third-order valence-corrected chi connectivity index (χ3v) is 5.06. The molecule has 5 nitrogen and oxygen atoms in total. The van der Waals surface area contributed by atoms with Crippen LogP contribution in [0.2, 0.25) is 0 Å². The number of aromatic nitrogens is 1. The summed E-state index contributed by atoms with van der Waals surface area (Å²) in [5.74, 6) is 0.111. The number of benzene rings is 1. The summed E-state index contributed by atoms with van der Waals surface area (Å²) in [6.45, 7) is 1.47. The Balaban J connectivity index is 1.69. The Labute approximate surface area is 152 Å². The number of nitrogens with zero attached hydrogens (tertiary/aromatic N) is 1. The fourth-order valence-electron chi connectivity index (χ4n) is 2.18. The van der Waals surface area contributed by atoms with Gasteiger partial charge in [0.25, 0.3) is 0 Å². The van der Waals surface area contributed by atoms with Gasteiger partial charge in [0.1, 0.15) is 5.01 Å². The van der Waals surface area contributed by atoms with Gasteiger partial charge in [-0.15, -0.1) is 11.3 Å². The molecule has 0 fully saturated rings. The van der Waals surface area contributed by atoms with Gasteiger partial charge in [-0.2, -0.15) is 11.3 Å². The van der Waals surface area contributed by atoms with Gasteiger partial charge in [-0.05, 0) is 36.6 Å². The molecule has 0 saturated carbocycles. The lowest BCUT2D eigenvalue weighted by molar-refractivity contribution is -0.133. The van der Waals surface area contributed by atoms with Gasteiger partial charge in [-0.25, -0.2) is 4.98 Å². The standard InChI is InChI=1S/C18H15NO4S2/c1-11(20)12-3-4-15(16(7-12)22-2)23-17(21)8-14-10-25-18(19-14)13-5-6-24-9-13/h3-7,9-10H,8H2,1-2H3. The molecule has 0 bridgehead atoms. The van der Waals surface area contributed by atoms with Gasteiger partial charge in [-0.3, -0.25) is 9.59 Å². The van der Waals surface area contributed by atoms with Crippen molar-refractivity contribution in [3.05, 3.63) is 51.7 Å². The Bertz CT molecular complexity index is 900. The lowest BCUT2D eigenvalue weighted by Crippen LogP contribution is -2.12. The maximum atomic E-state index is 12.2. The zero-order chi connectivity index (χ0) is 17.8. The zero-order valence-corrected chi connectivity index (χ0v) is 15.3. The molecule has 0 saturated heterocycles. The van der Waals surface area contributed by atoms with Crippen molar-refractivity contribution in [2.45, 2.75) is 13.3 Å². The van der Waals surface area contributed by atoms with E-state index in [2.05, 4.69) is 4.98 Å². The van der Waals surface area contributed by atoms with Crippen molar-refractivity contribution in [2.24, 2.45) is 0 Å². The first-order valence-corrected chi connectivity index (χ1v) is 9.25. The fraction of sp³-hybridized carbons (Fsp3) is 0.167. The molecule has 7 heteroatoms. The Hall–Kier alpha value is -2.51. The number of Topliss-reactive ketones (excluding diaryl/α,β-unsaturated/α-hetero) is 1. The highest BCUT2D eigenvalue weighted by Gasteiger charge is 2.15. The van der Waals surface area contributed by atoms with Crippen LogP contribution in [0.25, 0.3) is 10.6 Å². The van der Waals surface area contributed by atoms with Crippen LogP contribution in [0.15, 0.2) is 40.4 Å². The molecule has 0 aliphatic carbocycles. The molecule has 0 unspecified atom stereocenters. The molecule has 0 aliphatic heterocycles. The van der Waals surface area contributed by atoms with Crippen molar-refractivity contribution in [1.29, 1.82) is 0 Å². The number of carbonyl (C=O) groups excluding carboxylic acids is 2. The van der Waals surface area contributed by atoms with Crippen LogP contribution in [-0.2, 0) is 11.2 Å². The normalized spacial score (nSPS) is 10.5. The van der Waals surface area contributed by atoms with Crippen molar-refractivity contribution in [1.82, 2.24) is 4.98 Å². The number of rotatable bonds is 6. The van der Waals surface area contributed by atoms with Gasteiger partial charge >= 0.3 is 5.97 Å². The summed E-state index contributed by atoms with van der Waals surface area (Å²) < 4.78 is 10.6. The average molecular weight is 373 g/mol. The predicted octanol–water partition coefficient (Wildman–Crippen LogP) is 4.23. The number of ether oxygens (including phenoxy) is 2. The van der Waals surface area contributed by atoms with Gasteiger partial charge < -0.3 is 9.47 Å². The number of methoxy groups -OCH3 is 1. The molecule has 25 heavy (non-hydrogen) atoms. The predicted molar refractivity (Wildman–Crippen MR) is 97.8 cm³/mol. The molecule has 3 rings (SSSR count). The van der Waals surface area contributed by atoms with E-state index in [4.69, 9.17) is 9.47 Å². The maximum Gasteiger partial charge on any atom is 0.317 e. The van der Waals surface area contributed by atoms with E-state index >= 15 is 0 Å². The molecule has 2 heterocycles. The number of thiophene rings is 1. The summed E-state index contributed by atoms with van der Waals surface area (Å²) >= 11 is 3.10.